The van der Waals surface area contributed by atoms with Gasteiger partial charge in [0, 0.05) is 25.2 Å². The Morgan fingerprint density at radius 1 is 1.09 bits per heavy atom. The normalized spacial score (nSPS) is 13.9. The molecular weight excluding hydrogens is 401 g/mol. The summed E-state index contributed by atoms with van der Waals surface area (Å²) in [6, 6.07) is 18.5. The van der Waals surface area contributed by atoms with E-state index in [0.29, 0.717) is 12.6 Å². The Labute approximate surface area is 154 Å². The summed E-state index contributed by atoms with van der Waals surface area (Å²) in [5.74, 6) is 2.55. The van der Waals surface area contributed by atoms with Crippen molar-refractivity contribution >= 4 is 29.9 Å². The molecule has 1 saturated carbocycles. The van der Waals surface area contributed by atoms with Gasteiger partial charge in [-0.3, -0.25) is 4.99 Å². The van der Waals surface area contributed by atoms with E-state index in [9.17, 15) is 0 Å². The van der Waals surface area contributed by atoms with Crippen LogP contribution in [0.1, 0.15) is 18.4 Å². The van der Waals surface area contributed by atoms with Crippen molar-refractivity contribution < 1.29 is 4.74 Å². The van der Waals surface area contributed by atoms with Gasteiger partial charge >= 0.3 is 0 Å². The zero-order valence-electron chi connectivity index (χ0n) is 13.2. The molecule has 122 valence electrons. The van der Waals surface area contributed by atoms with Gasteiger partial charge in [-0.1, -0.05) is 36.4 Å². The van der Waals surface area contributed by atoms with Crippen molar-refractivity contribution in [3.8, 4) is 11.5 Å². The van der Waals surface area contributed by atoms with Crippen molar-refractivity contribution in [2.24, 2.45) is 4.99 Å². The summed E-state index contributed by atoms with van der Waals surface area (Å²) in [6.45, 7) is 0.676. The first kappa shape index (κ1) is 17.6. The van der Waals surface area contributed by atoms with E-state index in [4.69, 9.17) is 4.74 Å². The maximum absolute atomic E-state index is 5.97. The highest BCUT2D eigenvalue weighted by molar-refractivity contribution is 14.0. The predicted octanol–water partition coefficient (Wildman–Crippen LogP) is 3.92. The Morgan fingerprint density at radius 3 is 2.48 bits per heavy atom. The van der Waals surface area contributed by atoms with Crippen LogP contribution in [0, 0.1) is 0 Å². The van der Waals surface area contributed by atoms with Crippen LogP contribution in [0.2, 0.25) is 0 Å². The molecule has 0 saturated heterocycles. The number of ether oxygens (including phenoxy) is 1. The zero-order chi connectivity index (χ0) is 15.2. The van der Waals surface area contributed by atoms with E-state index in [2.05, 4.69) is 21.7 Å². The number of hydrogen-bond donors (Lipinski definition) is 2. The molecule has 2 N–H and O–H groups in total. The van der Waals surface area contributed by atoms with Crippen LogP contribution in [0.15, 0.2) is 59.6 Å². The summed E-state index contributed by atoms with van der Waals surface area (Å²) in [6.07, 6.45) is 2.46. The summed E-state index contributed by atoms with van der Waals surface area (Å²) >= 11 is 0. The zero-order valence-corrected chi connectivity index (χ0v) is 15.5. The fourth-order valence-electron chi connectivity index (χ4n) is 2.16. The standard InChI is InChI=1S/C18H21N3O.HI/c1-19-18(21-15-11-12-15)20-13-14-7-5-6-10-17(14)22-16-8-3-2-4-9-16;/h2-10,15H,11-13H2,1H3,(H2,19,20,21);1H. The van der Waals surface area contributed by atoms with Gasteiger partial charge in [0.2, 0.25) is 0 Å². The molecule has 1 aliphatic carbocycles. The van der Waals surface area contributed by atoms with Crippen LogP contribution in [0.3, 0.4) is 0 Å². The molecule has 2 aromatic rings. The average Bonchev–Trinajstić information content (AvgIpc) is 3.38. The SMILES string of the molecule is CN=C(NCc1ccccc1Oc1ccccc1)NC1CC1.I. The number of benzene rings is 2. The van der Waals surface area contributed by atoms with Gasteiger partial charge in [0.1, 0.15) is 11.5 Å². The van der Waals surface area contributed by atoms with Gasteiger partial charge in [-0.05, 0) is 31.0 Å². The largest absolute Gasteiger partial charge is 0.457 e. The number of nitrogens with one attached hydrogen (secondary N) is 2. The van der Waals surface area contributed by atoms with Crippen LogP contribution in [0.25, 0.3) is 0 Å². The van der Waals surface area contributed by atoms with Crippen LogP contribution in [-0.4, -0.2) is 19.0 Å². The third kappa shape index (κ3) is 5.42. The summed E-state index contributed by atoms with van der Waals surface area (Å²) in [7, 11) is 1.80. The summed E-state index contributed by atoms with van der Waals surface area (Å²) in [4.78, 5) is 4.25. The minimum absolute atomic E-state index is 0. The smallest absolute Gasteiger partial charge is 0.191 e. The van der Waals surface area contributed by atoms with Gasteiger partial charge in [0.05, 0.1) is 0 Å². The molecule has 0 bridgehead atoms. The van der Waals surface area contributed by atoms with Gasteiger partial charge in [-0.25, -0.2) is 0 Å². The van der Waals surface area contributed by atoms with Gasteiger partial charge in [0.25, 0.3) is 0 Å². The number of guanidine groups is 1. The van der Waals surface area contributed by atoms with Crippen molar-refractivity contribution in [1.29, 1.82) is 0 Å². The highest BCUT2D eigenvalue weighted by Gasteiger charge is 2.22. The minimum Gasteiger partial charge on any atom is -0.457 e. The Balaban J connectivity index is 0.00000192. The monoisotopic (exact) mass is 423 g/mol. The molecule has 1 fully saturated rings. The predicted molar refractivity (Wildman–Crippen MR) is 105 cm³/mol. The fourth-order valence-corrected chi connectivity index (χ4v) is 2.16. The van der Waals surface area contributed by atoms with Crippen LogP contribution in [0.4, 0.5) is 0 Å². The van der Waals surface area contributed by atoms with Crippen LogP contribution >= 0.6 is 24.0 Å². The van der Waals surface area contributed by atoms with Crippen LogP contribution in [0.5, 0.6) is 11.5 Å². The van der Waals surface area contributed by atoms with E-state index in [1.807, 2.05) is 48.5 Å². The Kier molecular flexibility index (Phi) is 6.70. The number of para-hydroxylation sites is 2. The van der Waals surface area contributed by atoms with Crippen molar-refractivity contribution in [3.63, 3.8) is 0 Å². The molecule has 0 unspecified atom stereocenters. The second-order valence-electron chi connectivity index (χ2n) is 5.37. The molecule has 2 aromatic carbocycles. The second-order valence-corrected chi connectivity index (χ2v) is 5.37. The first-order valence-corrected chi connectivity index (χ1v) is 7.63. The van der Waals surface area contributed by atoms with Crippen molar-refractivity contribution in [2.75, 3.05) is 7.05 Å². The topological polar surface area (TPSA) is 45.7 Å². The van der Waals surface area contributed by atoms with Crippen molar-refractivity contribution in [2.45, 2.75) is 25.4 Å². The van der Waals surface area contributed by atoms with Crippen molar-refractivity contribution in [1.82, 2.24) is 10.6 Å². The van der Waals surface area contributed by atoms with Gasteiger partial charge < -0.3 is 15.4 Å². The summed E-state index contributed by atoms with van der Waals surface area (Å²) < 4.78 is 5.97. The molecule has 0 spiro atoms. The van der Waals surface area contributed by atoms with Gasteiger partial charge in [-0.15, -0.1) is 24.0 Å². The fraction of sp³-hybridized carbons (Fsp3) is 0.278. The summed E-state index contributed by atoms with van der Waals surface area (Å²) in [5.41, 5.74) is 1.10. The number of halogens is 1. The third-order valence-corrected chi connectivity index (χ3v) is 3.53. The quantitative estimate of drug-likeness (QED) is 0.435. The molecule has 0 amide bonds. The minimum atomic E-state index is 0. The molecule has 23 heavy (non-hydrogen) atoms. The molecule has 4 nitrogen and oxygen atoms in total. The number of nitrogens with zero attached hydrogens (tertiary/aromatic N) is 1. The average molecular weight is 423 g/mol. The lowest BCUT2D eigenvalue weighted by Gasteiger charge is -2.14. The number of hydrogen-bond acceptors (Lipinski definition) is 2. The van der Waals surface area contributed by atoms with E-state index in [1.54, 1.807) is 7.05 Å². The van der Waals surface area contributed by atoms with E-state index in [0.717, 1.165) is 23.0 Å². The lowest BCUT2D eigenvalue weighted by molar-refractivity contribution is 0.475. The maximum atomic E-state index is 5.97. The Bertz CT molecular complexity index is 642. The van der Waals surface area contributed by atoms with Crippen LogP contribution < -0.4 is 15.4 Å². The maximum Gasteiger partial charge on any atom is 0.191 e. The molecule has 0 heterocycles. The molecule has 0 aliphatic heterocycles. The van der Waals surface area contributed by atoms with E-state index in [1.165, 1.54) is 12.8 Å². The third-order valence-electron chi connectivity index (χ3n) is 3.53. The molecule has 1 aliphatic rings. The molecule has 3 rings (SSSR count). The number of aliphatic imine (C=N–C) groups is 1. The molecule has 5 heteroatoms. The first-order valence-electron chi connectivity index (χ1n) is 7.63. The van der Waals surface area contributed by atoms with Crippen LogP contribution in [-0.2, 0) is 6.54 Å². The highest BCUT2D eigenvalue weighted by atomic mass is 127. The van der Waals surface area contributed by atoms with E-state index in [-0.39, 0.29) is 24.0 Å². The van der Waals surface area contributed by atoms with Crippen molar-refractivity contribution in [3.05, 3.63) is 60.2 Å². The second kappa shape index (κ2) is 8.76. The lowest BCUT2D eigenvalue weighted by Crippen LogP contribution is -2.38. The first-order chi connectivity index (χ1) is 10.8. The Hall–Kier alpha value is -1.76. The summed E-state index contributed by atoms with van der Waals surface area (Å²) in [5, 5.41) is 6.72. The van der Waals surface area contributed by atoms with Gasteiger partial charge in [-0.2, -0.15) is 0 Å². The highest BCUT2D eigenvalue weighted by Crippen LogP contribution is 2.25. The van der Waals surface area contributed by atoms with E-state index < -0.39 is 0 Å². The Morgan fingerprint density at radius 2 is 1.78 bits per heavy atom. The van der Waals surface area contributed by atoms with E-state index >= 15 is 0 Å². The van der Waals surface area contributed by atoms with Gasteiger partial charge in [0.15, 0.2) is 5.96 Å². The molecule has 0 atom stereocenters. The molecular formula is C18H22IN3O. The molecule has 0 aromatic heterocycles. The number of rotatable bonds is 5. The molecule has 0 radical (unpaired) electrons. The lowest BCUT2D eigenvalue weighted by atomic mass is 10.2.